The third kappa shape index (κ3) is 4.36. The number of carboxylic acid groups (broad SMARTS) is 1. The summed E-state index contributed by atoms with van der Waals surface area (Å²) < 4.78 is 5.71. The van der Waals surface area contributed by atoms with Crippen LogP contribution in [-0.4, -0.2) is 11.1 Å². The molecule has 0 heterocycles. The maximum atomic E-state index is 10.5. The first-order valence-corrected chi connectivity index (χ1v) is 6.93. The molecule has 21 heavy (non-hydrogen) atoms. The van der Waals surface area contributed by atoms with Crippen molar-refractivity contribution in [2.45, 2.75) is 13.3 Å². The van der Waals surface area contributed by atoms with Gasteiger partial charge in [-0.1, -0.05) is 30.7 Å². The SMILES string of the molecule is CCc1ccc(Oc2ccc(/C=C/C(=O)O)c(Cl)c2)cc1. The number of ether oxygens (including phenoxy) is 1. The average molecular weight is 303 g/mol. The Morgan fingerprint density at radius 2 is 1.86 bits per heavy atom. The Bertz CT molecular complexity index is 660. The van der Waals surface area contributed by atoms with Crippen LogP contribution >= 0.6 is 11.6 Å². The van der Waals surface area contributed by atoms with Crippen LogP contribution < -0.4 is 4.74 Å². The standard InChI is InChI=1S/C17H15ClO3/c1-2-12-3-7-14(8-4-12)21-15-9-5-13(16(18)11-15)6-10-17(19)20/h3-11H,2H2,1H3,(H,19,20)/b10-6+. The number of benzene rings is 2. The first kappa shape index (κ1) is 15.1. The third-order valence-electron chi connectivity index (χ3n) is 2.94. The summed E-state index contributed by atoms with van der Waals surface area (Å²) in [5, 5.41) is 9.04. The lowest BCUT2D eigenvalue weighted by molar-refractivity contribution is -0.131. The normalized spacial score (nSPS) is 10.8. The smallest absolute Gasteiger partial charge is 0.328 e. The Labute approximate surface area is 128 Å². The molecule has 2 aromatic rings. The van der Waals surface area contributed by atoms with Gasteiger partial charge in [-0.05, 0) is 54.0 Å². The summed E-state index contributed by atoms with van der Waals surface area (Å²) in [5.41, 5.74) is 1.88. The largest absolute Gasteiger partial charge is 0.478 e. The van der Waals surface area contributed by atoms with E-state index < -0.39 is 5.97 Å². The van der Waals surface area contributed by atoms with Gasteiger partial charge in [0.2, 0.25) is 0 Å². The van der Waals surface area contributed by atoms with E-state index in [2.05, 4.69) is 6.92 Å². The summed E-state index contributed by atoms with van der Waals surface area (Å²) in [6, 6.07) is 13.0. The van der Waals surface area contributed by atoms with Crippen molar-refractivity contribution >= 4 is 23.6 Å². The Kier molecular flexibility index (Phi) is 5.01. The summed E-state index contributed by atoms with van der Waals surface area (Å²) in [6.45, 7) is 2.10. The molecule has 0 aromatic heterocycles. The van der Waals surface area contributed by atoms with Crippen molar-refractivity contribution in [3.8, 4) is 11.5 Å². The zero-order chi connectivity index (χ0) is 15.2. The van der Waals surface area contributed by atoms with Crippen molar-refractivity contribution in [2.75, 3.05) is 0 Å². The van der Waals surface area contributed by atoms with E-state index in [-0.39, 0.29) is 0 Å². The zero-order valence-corrected chi connectivity index (χ0v) is 12.3. The van der Waals surface area contributed by atoms with Gasteiger partial charge in [-0.25, -0.2) is 4.79 Å². The minimum absolute atomic E-state index is 0.440. The molecule has 0 fully saturated rings. The maximum Gasteiger partial charge on any atom is 0.328 e. The minimum atomic E-state index is -1.01. The lowest BCUT2D eigenvalue weighted by atomic mass is 10.2. The van der Waals surface area contributed by atoms with Crippen LogP contribution in [0.2, 0.25) is 5.02 Å². The van der Waals surface area contributed by atoms with Gasteiger partial charge in [0.05, 0.1) is 5.02 Å². The average Bonchev–Trinajstić information content (AvgIpc) is 2.47. The molecule has 0 atom stereocenters. The number of hydrogen-bond acceptors (Lipinski definition) is 2. The summed E-state index contributed by atoms with van der Waals surface area (Å²) >= 11 is 6.10. The highest BCUT2D eigenvalue weighted by atomic mass is 35.5. The number of hydrogen-bond donors (Lipinski definition) is 1. The van der Waals surface area contributed by atoms with Gasteiger partial charge in [-0.2, -0.15) is 0 Å². The molecule has 0 saturated heterocycles. The molecule has 0 spiro atoms. The van der Waals surface area contributed by atoms with E-state index in [4.69, 9.17) is 21.4 Å². The van der Waals surface area contributed by atoms with Crippen molar-refractivity contribution in [1.29, 1.82) is 0 Å². The molecule has 108 valence electrons. The van der Waals surface area contributed by atoms with Crippen molar-refractivity contribution in [3.05, 3.63) is 64.7 Å². The first-order valence-electron chi connectivity index (χ1n) is 6.56. The number of aryl methyl sites for hydroxylation is 1. The van der Waals surface area contributed by atoms with Crippen LogP contribution in [0.1, 0.15) is 18.1 Å². The second-order valence-corrected chi connectivity index (χ2v) is 4.86. The zero-order valence-electron chi connectivity index (χ0n) is 11.5. The van der Waals surface area contributed by atoms with Gasteiger partial charge in [0, 0.05) is 6.08 Å². The van der Waals surface area contributed by atoms with Gasteiger partial charge < -0.3 is 9.84 Å². The molecule has 0 radical (unpaired) electrons. The molecule has 0 saturated carbocycles. The molecule has 1 N–H and O–H groups in total. The fourth-order valence-corrected chi connectivity index (χ4v) is 2.03. The van der Waals surface area contributed by atoms with Crippen LogP contribution in [0.4, 0.5) is 0 Å². The van der Waals surface area contributed by atoms with E-state index in [1.54, 1.807) is 18.2 Å². The highest BCUT2D eigenvalue weighted by Crippen LogP contribution is 2.27. The van der Waals surface area contributed by atoms with Gasteiger partial charge in [0.1, 0.15) is 11.5 Å². The fourth-order valence-electron chi connectivity index (χ4n) is 1.80. The number of rotatable bonds is 5. The molecule has 0 amide bonds. The van der Waals surface area contributed by atoms with E-state index in [0.29, 0.717) is 16.3 Å². The summed E-state index contributed by atoms with van der Waals surface area (Å²) in [4.78, 5) is 10.5. The van der Waals surface area contributed by atoms with Crippen LogP contribution in [0.5, 0.6) is 11.5 Å². The first-order chi connectivity index (χ1) is 10.1. The third-order valence-corrected chi connectivity index (χ3v) is 3.27. The van der Waals surface area contributed by atoms with Crippen LogP contribution in [-0.2, 0) is 11.2 Å². The molecule has 0 aliphatic carbocycles. The van der Waals surface area contributed by atoms with Gasteiger partial charge in [-0.3, -0.25) is 0 Å². The van der Waals surface area contributed by atoms with E-state index in [1.807, 2.05) is 24.3 Å². The van der Waals surface area contributed by atoms with E-state index in [9.17, 15) is 4.79 Å². The Morgan fingerprint density at radius 1 is 1.19 bits per heavy atom. The predicted molar refractivity (Wildman–Crippen MR) is 84.0 cm³/mol. The second-order valence-electron chi connectivity index (χ2n) is 4.45. The van der Waals surface area contributed by atoms with E-state index >= 15 is 0 Å². The molecular formula is C17H15ClO3. The van der Waals surface area contributed by atoms with Crippen molar-refractivity contribution in [3.63, 3.8) is 0 Å². The van der Waals surface area contributed by atoms with Gasteiger partial charge in [-0.15, -0.1) is 0 Å². The maximum absolute atomic E-state index is 10.5. The van der Waals surface area contributed by atoms with Gasteiger partial charge in [0.15, 0.2) is 0 Å². The molecule has 2 rings (SSSR count). The van der Waals surface area contributed by atoms with Crippen LogP contribution in [0, 0.1) is 0 Å². The topological polar surface area (TPSA) is 46.5 Å². The molecule has 0 unspecified atom stereocenters. The van der Waals surface area contributed by atoms with Crippen molar-refractivity contribution < 1.29 is 14.6 Å². The van der Waals surface area contributed by atoms with Crippen molar-refractivity contribution in [1.82, 2.24) is 0 Å². The Balaban J connectivity index is 2.14. The van der Waals surface area contributed by atoms with Crippen molar-refractivity contribution in [2.24, 2.45) is 0 Å². The number of carboxylic acids is 1. The molecular weight excluding hydrogens is 288 g/mol. The highest BCUT2D eigenvalue weighted by molar-refractivity contribution is 6.32. The highest BCUT2D eigenvalue weighted by Gasteiger charge is 2.02. The summed E-state index contributed by atoms with van der Waals surface area (Å²) in [6.07, 6.45) is 3.48. The predicted octanol–water partition coefficient (Wildman–Crippen LogP) is 4.79. The van der Waals surface area contributed by atoms with E-state index in [0.717, 1.165) is 18.2 Å². The second kappa shape index (κ2) is 6.95. The van der Waals surface area contributed by atoms with E-state index in [1.165, 1.54) is 11.6 Å². The Morgan fingerprint density at radius 3 is 2.43 bits per heavy atom. The molecule has 3 nitrogen and oxygen atoms in total. The summed E-state index contributed by atoms with van der Waals surface area (Å²) in [7, 11) is 0. The molecule has 0 bridgehead atoms. The van der Waals surface area contributed by atoms with Crippen LogP contribution in [0.15, 0.2) is 48.5 Å². The fraction of sp³-hybridized carbons (Fsp3) is 0.118. The minimum Gasteiger partial charge on any atom is -0.478 e. The Hall–Kier alpha value is -2.26. The number of carbonyl (C=O) groups is 1. The number of aliphatic carboxylic acids is 1. The molecule has 4 heteroatoms. The van der Waals surface area contributed by atoms with Gasteiger partial charge in [0.25, 0.3) is 0 Å². The summed E-state index contributed by atoms with van der Waals surface area (Å²) in [5.74, 6) is 0.330. The molecule has 0 aliphatic rings. The molecule has 0 aliphatic heterocycles. The van der Waals surface area contributed by atoms with Crippen LogP contribution in [0.25, 0.3) is 6.08 Å². The monoisotopic (exact) mass is 302 g/mol. The van der Waals surface area contributed by atoms with Gasteiger partial charge >= 0.3 is 5.97 Å². The lowest BCUT2D eigenvalue weighted by Gasteiger charge is -2.08. The molecule has 2 aromatic carbocycles. The lowest BCUT2D eigenvalue weighted by Crippen LogP contribution is -1.88. The quantitative estimate of drug-likeness (QED) is 0.808. The van der Waals surface area contributed by atoms with Crippen LogP contribution in [0.3, 0.4) is 0 Å². The number of halogens is 1.